The molecular weight excluding hydrogens is 781 g/mol. The van der Waals surface area contributed by atoms with Crippen LogP contribution in [0, 0.1) is 0 Å². The highest BCUT2D eigenvalue weighted by Crippen LogP contribution is 2.33. The second kappa shape index (κ2) is 21.4. The average molecular weight is 832 g/mol. The van der Waals surface area contributed by atoms with E-state index in [1.54, 1.807) is 78.0 Å². The van der Waals surface area contributed by atoms with Gasteiger partial charge in [0.25, 0.3) is 5.91 Å². The van der Waals surface area contributed by atoms with E-state index in [9.17, 15) is 33.6 Å². The van der Waals surface area contributed by atoms with E-state index in [-0.39, 0.29) is 48.5 Å². The molecule has 0 radical (unpaired) electrons. The van der Waals surface area contributed by atoms with Crippen molar-refractivity contribution in [2.24, 2.45) is 12.8 Å². The van der Waals surface area contributed by atoms with Crippen molar-refractivity contribution in [3.63, 3.8) is 0 Å². The van der Waals surface area contributed by atoms with Gasteiger partial charge >= 0.3 is 23.8 Å². The Morgan fingerprint density at radius 3 is 2.44 bits per heavy atom. The molecule has 57 heavy (non-hydrogen) atoms. The molecule has 0 spiro atoms. The molecule has 2 fully saturated rings. The fourth-order valence-corrected chi connectivity index (χ4v) is 8.67. The zero-order valence-corrected chi connectivity index (χ0v) is 33.7. The maximum atomic E-state index is 13.2. The van der Waals surface area contributed by atoms with Gasteiger partial charge in [-0.2, -0.15) is 16.3 Å². The Kier molecular flexibility index (Phi) is 16.8. The molecule has 6 amide bonds. The number of nitrogens with two attached hydrogens (primary N) is 1. The van der Waals surface area contributed by atoms with Crippen molar-refractivity contribution in [3.8, 4) is 11.6 Å². The van der Waals surface area contributed by atoms with Gasteiger partial charge in [-0.3, -0.25) is 28.8 Å². The van der Waals surface area contributed by atoms with E-state index in [1.807, 2.05) is 11.8 Å². The number of aliphatic carboxylic acids is 2. The third-order valence-corrected chi connectivity index (χ3v) is 12.3. The lowest BCUT2D eigenvalue weighted by molar-refractivity contribution is -0.712. The molecule has 8 N–H and O–H groups in total. The third kappa shape index (κ3) is 13.5. The van der Waals surface area contributed by atoms with E-state index in [0.717, 1.165) is 25.0 Å². The Hall–Kier alpha value is -5.08. The van der Waals surface area contributed by atoms with Gasteiger partial charge < -0.3 is 51.8 Å². The minimum atomic E-state index is -1.26. The Balaban J connectivity index is 1.23. The molecule has 1 aromatic heterocycles. The molecule has 0 saturated carbocycles. The van der Waals surface area contributed by atoms with Crippen LogP contribution < -0.4 is 36.3 Å². The standard InChI is InChI=1S/C37H50N8O10S2/c1-43(29(47)8-5-4-7-27-33-25(20-56-27)41-37(54)42-33)17-18-44(2)35(51)22-11-13-23(14-12-22)55-30-9-6-10-31(45(30)3)57-21-26(34(50)39-19-32(48)49)40-28(46)16-15-24(38)36(52)53/h6,9-14,24-27,33H,4-5,7-8,15-21,38H2,1-3H3,(H5-,39,40,41,42,46,48,49,50,52,53,54)/p+1/t24-,25-,26-,27-,33-/m0/s1. The Morgan fingerprint density at radius 2 is 1.74 bits per heavy atom. The zero-order chi connectivity index (χ0) is 41.6. The van der Waals surface area contributed by atoms with Crippen LogP contribution in [-0.4, -0.2) is 136 Å². The fourth-order valence-electron chi connectivity index (χ4n) is 6.10. The largest absolute Gasteiger partial charge is 0.480 e. The summed E-state index contributed by atoms with van der Waals surface area (Å²) < 4.78 is 7.80. The minimum Gasteiger partial charge on any atom is -0.480 e. The van der Waals surface area contributed by atoms with Gasteiger partial charge in [-0.25, -0.2) is 4.79 Å². The lowest BCUT2D eigenvalue weighted by Gasteiger charge is -2.23. The van der Waals surface area contributed by atoms with Gasteiger partial charge in [0.2, 0.25) is 22.7 Å². The molecule has 2 aliphatic heterocycles. The highest BCUT2D eigenvalue weighted by molar-refractivity contribution is 8.00. The molecule has 2 aromatic rings. The summed E-state index contributed by atoms with van der Waals surface area (Å²) in [6.07, 6.45) is 2.61. The molecule has 2 saturated heterocycles. The topological polar surface area (TPSA) is 254 Å². The summed E-state index contributed by atoms with van der Waals surface area (Å²) in [5.74, 6) is -2.28. The molecule has 0 aliphatic carbocycles. The minimum absolute atomic E-state index is 0.00921. The first-order valence-corrected chi connectivity index (χ1v) is 20.5. The predicted molar refractivity (Wildman–Crippen MR) is 211 cm³/mol. The van der Waals surface area contributed by atoms with Gasteiger partial charge in [0.15, 0.2) is 0 Å². The van der Waals surface area contributed by atoms with Crippen molar-refractivity contribution < 1.29 is 53.1 Å². The summed E-state index contributed by atoms with van der Waals surface area (Å²) in [7, 11) is 5.14. The van der Waals surface area contributed by atoms with E-state index in [0.29, 0.717) is 47.0 Å². The number of hydrogen-bond donors (Lipinski definition) is 7. The van der Waals surface area contributed by atoms with Crippen LogP contribution in [0.4, 0.5) is 4.79 Å². The number of fused-ring (bicyclic) bond motifs is 1. The number of thioether (sulfide) groups is 2. The monoisotopic (exact) mass is 831 g/mol. The number of pyridine rings is 1. The van der Waals surface area contributed by atoms with Crippen LogP contribution in [0.2, 0.25) is 0 Å². The van der Waals surface area contributed by atoms with E-state index < -0.39 is 42.4 Å². The number of carboxylic acid groups (broad SMARTS) is 2. The molecule has 4 rings (SSSR count). The van der Waals surface area contributed by atoms with Gasteiger partial charge in [-0.05, 0) is 49.6 Å². The second-order valence-electron chi connectivity index (χ2n) is 13.8. The van der Waals surface area contributed by atoms with Gasteiger partial charge in [0, 0.05) is 68.4 Å². The molecule has 0 bridgehead atoms. The summed E-state index contributed by atoms with van der Waals surface area (Å²) in [5.41, 5.74) is 5.91. The number of nitrogens with zero attached hydrogens (tertiary/aromatic N) is 3. The first kappa shape index (κ1) is 44.6. The van der Waals surface area contributed by atoms with E-state index in [1.165, 1.54) is 11.8 Å². The van der Waals surface area contributed by atoms with E-state index in [2.05, 4.69) is 21.3 Å². The van der Waals surface area contributed by atoms with Crippen LogP contribution in [0.25, 0.3) is 0 Å². The van der Waals surface area contributed by atoms with Crippen molar-refractivity contribution in [1.82, 2.24) is 31.1 Å². The highest BCUT2D eigenvalue weighted by atomic mass is 32.2. The average Bonchev–Trinajstić information content (AvgIpc) is 3.74. The maximum Gasteiger partial charge on any atom is 0.373 e. The lowest BCUT2D eigenvalue weighted by Crippen LogP contribution is -2.49. The van der Waals surface area contributed by atoms with Crippen LogP contribution >= 0.6 is 23.5 Å². The summed E-state index contributed by atoms with van der Waals surface area (Å²) in [4.78, 5) is 88.0. The number of carbonyl (C=O) groups is 7. The van der Waals surface area contributed by atoms with Crippen molar-refractivity contribution in [3.05, 3.63) is 48.0 Å². The Morgan fingerprint density at radius 1 is 1.02 bits per heavy atom. The molecule has 5 atom stereocenters. The van der Waals surface area contributed by atoms with Crippen molar-refractivity contribution in [1.29, 1.82) is 0 Å². The number of carboxylic acids is 2. The van der Waals surface area contributed by atoms with Crippen LogP contribution in [0.5, 0.6) is 11.6 Å². The summed E-state index contributed by atoms with van der Waals surface area (Å²) in [5, 5.41) is 29.7. The fraction of sp³-hybridized carbons (Fsp3) is 0.514. The second-order valence-corrected chi connectivity index (χ2v) is 16.1. The molecule has 0 unspecified atom stereocenters. The molecule has 20 heteroatoms. The number of rotatable bonds is 22. The lowest BCUT2D eigenvalue weighted by atomic mass is 10.0. The van der Waals surface area contributed by atoms with Crippen molar-refractivity contribution in [2.75, 3.05) is 45.2 Å². The first-order valence-electron chi connectivity index (χ1n) is 18.5. The summed E-state index contributed by atoms with van der Waals surface area (Å²) >= 11 is 3.06. The van der Waals surface area contributed by atoms with Crippen molar-refractivity contribution in [2.45, 2.75) is 73.0 Å². The Labute approximate surface area is 339 Å². The number of amides is 6. The number of benzene rings is 1. The van der Waals surface area contributed by atoms with Crippen LogP contribution in [0.15, 0.2) is 47.5 Å². The first-order chi connectivity index (χ1) is 27.1. The smallest absolute Gasteiger partial charge is 0.373 e. The number of carbonyl (C=O) groups excluding carboxylic acids is 5. The number of nitrogens with one attached hydrogen (secondary N) is 4. The molecule has 1 aromatic carbocycles. The number of ether oxygens (including phenoxy) is 1. The van der Waals surface area contributed by atoms with Crippen LogP contribution in [0.3, 0.4) is 0 Å². The zero-order valence-electron chi connectivity index (χ0n) is 32.1. The number of hydrogen-bond acceptors (Lipinski definition) is 11. The molecule has 18 nitrogen and oxygen atoms in total. The predicted octanol–water partition coefficient (Wildman–Crippen LogP) is 0.529. The normalized spacial score (nSPS) is 18.0. The SMILES string of the molecule is CN(CCN(C)C(=O)c1ccc(Oc2cccc(SC[C@H](NC(=O)CC[C@H](N)C(=O)O)C(=O)NCC(=O)O)[n+]2C)cc1)C(=O)CCCC[C@@H]1SC[C@@H]2NC(=O)N[C@@H]21. The molecular formula is C37H51N8O10S2+. The molecule has 310 valence electrons. The summed E-state index contributed by atoms with van der Waals surface area (Å²) in [6.45, 7) is 0.0775. The van der Waals surface area contributed by atoms with Gasteiger partial charge in [0.05, 0.1) is 18.2 Å². The third-order valence-electron chi connectivity index (χ3n) is 9.54. The maximum absolute atomic E-state index is 13.2. The van der Waals surface area contributed by atoms with Gasteiger partial charge in [0.1, 0.15) is 31.4 Å². The number of urea groups is 1. The summed E-state index contributed by atoms with van der Waals surface area (Å²) in [6, 6.07) is 9.67. The van der Waals surface area contributed by atoms with Crippen LogP contribution in [0.1, 0.15) is 48.9 Å². The highest BCUT2D eigenvalue weighted by Gasteiger charge is 2.42. The number of unbranched alkanes of at least 4 members (excludes halogenated alkanes) is 1. The quantitative estimate of drug-likeness (QED) is 0.0371. The molecule has 2 aliphatic rings. The van der Waals surface area contributed by atoms with Gasteiger partial charge in [-0.1, -0.05) is 18.2 Å². The van der Waals surface area contributed by atoms with Gasteiger partial charge in [-0.15, -0.1) is 0 Å². The Bertz CT molecular complexity index is 1780. The molecule has 3 heterocycles. The number of aromatic nitrogens is 1. The van der Waals surface area contributed by atoms with Crippen LogP contribution in [-0.2, 0) is 31.0 Å². The van der Waals surface area contributed by atoms with E-state index >= 15 is 0 Å². The van der Waals surface area contributed by atoms with E-state index in [4.69, 9.17) is 20.7 Å². The number of likely N-dealkylation sites (N-methyl/N-ethyl adjacent to an activating group) is 2. The van der Waals surface area contributed by atoms with Crippen molar-refractivity contribution >= 4 is 65.1 Å².